The van der Waals surface area contributed by atoms with Crippen molar-refractivity contribution in [2.24, 2.45) is 0 Å². The van der Waals surface area contributed by atoms with E-state index >= 15 is 0 Å². The molecule has 1 aliphatic rings. The predicted octanol–water partition coefficient (Wildman–Crippen LogP) is 3.12. The average Bonchev–Trinajstić information content (AvgIpc) is 2.61. The van der Waals surface area contributed by atoms with E-state index in [1.165, 1.54) is 0 Å². The standard InChI is InChI=1S/C17H25ClN2O4S/c1-2-16(18)25(22,23)20-15-10-8-14(9-11-15)19-17(21)24-12-13-6-4-3-5-7-13/h3-7,14-16,20H,2,8-12H2,1H3,(H,19,21). The van der Waals surface area contributed by atoms with Crippen molar-refractivity contribution in [3.63, 3.8) is 0 Å². The second-order valence-electron chi connectivity index (χ2n) is 6.24. The SMILES string of the molecule is CCC(Cl)S(=O)(=O)NC1CCC(NC(=O)OCc2ccccc2)CC1. The summed E-state index contributed by atoms with van der Waals surface area (Å²) in [7, 11) is -3.49. The highest BCUT2D eigenvalue weighted by Crippen LogP contribution is 2.21. The number of halogens is 1. The summed E-state index contributed by atoms with van der Waals surface area (Å²) in [6.07, 6.45) is 2.65. The van der Waals surface area contributed by atoms with Gasteiger partial charge in [0.2, 0.25) is 10.0 Å². The summed E-state index contributed by atoms with van der Waals surface area (Å²) in [5, 5.41) is 2.84. The van der Waals surface area contributed by atoms with Crippen LogP contribution in [0.5, 0.6) is 0 Å². The molecule has 25 heavy (non-hydrogen) atoms. The number of amides is 1. The van der Waals surface area contributed by atoms with Gasteiger partial charge in [-0.05, 0) is 37.7 Å². The van der Waals surface area contributed by atoms with Gasteiger partial charge in [0, 0.05) is 12.1 Å². The Bertz CT molecular complexity index is 646. The molecular formula is C17H25ClN2O4S. The molecule has 0 saturated heterocycles. The van der Waals surface area contributed by atoms with Crippen LogP contribution in [0.15, 0.2) is 30.3 Å². The lowest BCUT2D eigenvalue weighted by Gasteiger charge is -2.29. The van der Waals surface area contributed by atoms with Gasteiger partial charge in [0.1, 0.15) is 11.3 Å². The van der Waals surface area contributed by atoms with E-state index in [4.69, 9.17) is 16.3 Å². The molecule has 8 heteroatoms. The Morgan fingerprint density at radius 2 is 1.80 bits per heavy atom. The highest BCUT2D eigenvalue weighted by molar-refractivity contribution is 7.91. The molecule has 1 saturated carbocycles. The van der Waals surface area contributed by atoms with Gasteiger partial charge >= 0.3 is 6.09 Å². The van der Waals surface area contributed by atoms with Gasteiger partial charge in [0.25, 0.3) is 0 Å². The van der Waals surface area contributed by atoms with Crippen LogP contribution in [0.1, 0.15) is 44.6 Å². The van der Waals surface area contributed by atoms with E-state index in [2.05, 4.69) is 10.0 Å². The van der Waals surface area contributed by atoms with Crippen molar-refractivity contribution in [3.8, 4) is 0 Å². The smallest absolute Gasteiger partial charge is 0.407 e. The monoisotopic (exact) mass is 388 g/mol. The van der Waals surface area contributed by atoms with Crippen LogP contribution in [0.4, 0.5) is 4.79 Å². The molecule has 1 aliphatic carbocycles. The molecule has 0 heterocycles. The summed E-state index contributed by atoms with van der Waals surface area (Å²) < 4.78 is 30.9. The number of rotatable bonds is 7. The first-order valence-corrected chi connectivity index (χ1v) is 10.5. The maximum absolute atomic E-state index is 12.0. The Hall–Kier alpha value is -1.31. The lowest BCUT2D eigenvalue weighted by molar-refractivity contribution is 0.132. The van der Waals surface area contributed by atoms with Crippen molar-refractivity contribution in [2.45, 2.75) is 62.4 Å². The number of sulfonamides is 1. The molecule has 0 bridgehead atoms. The van der Waals surface area contributed by atoms with E-state index in [9.17, 15) is 13.2 Å². The Morgan fingerprint density at radius 1 is 1.20 bits per heavy atom. The molecule has 1 amide bonds. The number of hydrogen-bond donors (Lipinski definition) is 2. The number of alkyl halides is 1. The lowest BCUT2D eigenvalue weighted by atomic mass is 9.92. The summed E-state index contributed by atoms with van der Waals surface area (Å²) >= 11 is 5.83. The third-order valence-corrected chi connectivity index (χ3v) is 6.93. The molecule has 0 radical (unpaired) electrons. The molecule has 1 unspecified atom stereocenters. The lowest BCUT2D eigenvalue weighted by Crippen LogP contribution is -2.45. The third kappa shape index (κ3) is 6.49. The molecule has 2 rings (SSSR count). The van der Waals surface area contributed by atoms with Gasteiger partial charge in [-0.2, -0.15) is 0 Å². The van der Waals surface area contributed by atoms with E-state index in [0.29, 0.717) is 32.1 Å². The number of carbonyl (C=O) groups excluding carboxylic acids is 1. The van der Waals surface area contributed by atoms with Crippen LogP contribution in [0.3, 0.4) is 0 Å². The summed E-state index contributed by atoms with van der Waals surface area (Å²) in [4.78, 5) is 11.9. The molecule has 1 atom stereocenters. The van der Waals surface area contributed by atoms with Gasteiger partial charge in [-0.15, -0.1) is 11.6 Å². The minimum absolute atomic E-state index is 0.00185. The molecule has 6 nitrogen and oxygen atoms in total. The topological polar surface area (TPSA) is 84.5 Å². The minimum atomic E-state index is -3.49. The van der Waals surface area contributed by atoms with Crippen LogP contribution in [-0.4, -0.2) is 31.3 Å². The van der Waals surface area contributed by atoms with Crippen molar-refractivity contribution in [3.05, 3.63) is 35.9 Å². The van der Waals surface area contributed by atoms with E-state index in [1.807, 2.05) is 30.3 Å². The van der Waals surface area contributed by atoms with E-state index in [1.54, 1.807) is 6.92 Å². The molecular weight excluding hydrogens is 364 g/mol. The van der Waals surface area contributed by atoms with Gasteiger partial charge in [-0.1, -0.05) is 37.3 Å². The zero-order chi connectivity index (χ0) is 18.3. The Kier molecular flexibility index (Phi) is 7.53. The van der Waals surface area contributed by atoms with Crippen LogP contribution in [-0.2, 0) is 21.4 Å². The van der Waals surface area contributed by atoms with Gasteiger partial charge in [-0.25, -0.2) is 17.9 Å². The van der Waals surface area contributed by atoms with Crippen LogP contribution in [0.25, 0.3) is 0 Å². The van der Waals surface area contributed by atoms with E-state index in [0.717, 1.165) is 5.56 Å². The van der Waals surface area contributed by atoms with Crippen molar-refractivity contribution in [1.82, 2.24) is 10.0 Å². The average molecular weight is 389 g/mol. The number of benzene rings is 1. The van der Waals surface area contributed by atoms with E-state index in [-0.39, 0.29) is 18.7 Å². The van der Waals surface area contributed by atoms with Gasteiger partial charge in [-0.3, -0.25) is 0 Å². The molecule has 0 aromatic heterocycles. The van der Waals surface area contributed by atoms with Gasteiger partial charge < -0.3 is 10.1 Å². The Balaban J connectivity index is 1.70. The first kappa shape index (κ1) is 20.0. The van der Waals surface area contributed by atoms with Gasteiger partial charge in [0.05, 0.1) is 0 Å². The Labute approximate surface area is 154 Å². The quantitative estimate of drug-likeness (QED) is 0.703. The summed E-state index contributed by atoms with van der Waals surface area (Å²) in [5.74, 6) is 0. The highest BCUT2D eigenvalue weighted by atomic mass is 35.5. The second-order valence-corrected chi connectivity index (χ2v) is 8.92. The van der Waals surface area contributed by atoms with Crippen molar-refractivity contribution in [1.29, 1.82) is 0 Å². The predicted molar refractivity (Wildman–Crippen MR) is 97.8 cm³/mol. The van der Waals surface area contributed by atoms with Gasteiger partial charge in [0.15, 0.2) is 0 Å². The largest absolute Gasteiger partial charge is 0.445 e. The first-order chi connectivity index (χ1) is 11.9. The fourth-order valence-electron chi connectivity index (χ4n) is 2.81. The summed E-state index contributed by atoms with van der Waals surface area (Å²) in [6.45, 7) is 1.97. The fourth-order valence-corrected chi connectivity index (χ4v) is 4.25. The molecule has 140 valence electrons. The van der Waals surface area contributed by atoms with Crippen molar-refractivity contribution in [2.75, 3.05) is 0 Å². The van der Waals surface area contributed by atoms with Crippen LogP contribution in [0, 0.1) is 0 Å². The number of nitrogens with one attached hydrogen (secondary N) is 2. The normalized spacial score (nSPS) is 22.2. The minimum Gasteiger partial charge on any atom is -0.445 e. The number of ether oxygens (including phenoxy) is 1. The van der Waals surface area contributed by atoms with Crippen LogP contribution >= 0.6 is 11.6 Å². The van der Waals surface area contributed by atoms with Crippen molar-refractivity contribution >= 4 is 27.7 Å². The van der Waals surface area contributed by atoms with Crippen LogP contribution < -0.4 is 10.0 Å². The third-order valence-electron chi connectivity index (χ3n) is 4.25. The van der Waals surface area contributed by atoms with E-state index < -0.39 is 20.8 Å². The molecule has 1 fully saturated rings. The molecule has 0 spiro atoms. The van der Waals surface area contributed by atoms with Crippen molar-refractivity contribution < 1.29 is 17.9 Å². The Morgan fingerprint density at radius 3 is 2.40 bits per heavy atom. The van der Waals surface area contributed by atoms with Crippen LogP contribution in [0.2, 0.25) is 0 Å². The number of hydrogen-bond acceptors (Lipinski definition) is 4. The molecule has 1 aromatic carbocycles. The molecule has 0 aliphatic heterocycles. The maximum Gasteiger partial charge on any atom is 0.407 e. The number of alkyl carbamates (subject to hydrolysis) is 1. The summed E-state index contributed by atoms with van der Waals surface area (Å²) in [5.41, 5.74) is 0.933. The fraction of sp³-hybridized carbons (Fsp3) is 0.588. The number of carbonyl (C=O) groups is 1. The summed E-state index contributed by atoms with van der Waals surface area (Å²) in [6, 6.07) is 9.35. The molecule has 2 N–H and O–H groups in total. The zero-order valence-electron chi connectivity index (χ0n) is 14.3. The first-order valence-electron chi connectivity index (χ1n) is 8.53. The maximum atomic E-state index is 12.0. The second kappa shape index (κ2) is 9.40. The highest BCUT2D eigenvalue weighted by Gasteiger charge is 2.29. The zero-order valence-corrected chi connectivity index (χ0v) is 15.9. The molecule has 1 aromatic rings.